The lowest BCUT2D eigenvalue weighted by molar-refractivity contribution is -0.132. The van der Waals surface area contributed by atoms with E-state index in [-0.39, 0.29) is 17.1 Å². The Labute approximate surface area is 198 Å². The SMILES string of the molecule is CC(=O)Oc1cccc(C2/C(=C(\O)c3ccc(C)cc3)C(=O)C(=O)N2c2ccc(C)c(C)c2)c1. The topological polar surface area (TPSA) is 83.9 Å². The van der Waals surface area contributed by atoms with Gasteiger partial charge < -0.3 is 9.84 Å². The Morgan fingerprint density at radius 2 is 1.62 bits per heavy atom. The molecule has 1 N–H and O–H groups in total. The summed E-state index contributed by atoms with van der Waals surface area (Å²) in [6.07, 6.45) is 0. The van der Waals surface area contributed by atoms with Gasteiger partial charge in [-0.05, 0) is 61.7 Å². The van der Waals surface area contributed by atoms with Gasteiger partial charge in [0.1, 0.15) is 11.5 Å². The minimum absolute atomic E-state index is 0.0212. The number of aryl methyl sites for hydroxylation is 3. The first-order valence-corrected chi connectivity index (χ1v) is 10.9. The Bertz CT molecular complexity index is 1340. The van der Waals surface area contributed by atoms with Crippen LogP contribution in [0.5, 0.6) is 5.75 Å². The van der Waals surface area contributed by atoms with Crippen LogP contribution in [-0.2, 0) is 14.4 Å². The van der Waals surface area contributed by atoms with Crippen LogP contribution in [0.3, 0.4) is 0 Å². The van der Waals surface area contributed by atoms with Gasteiger partial charge in [-0.15, -0.1) is 0 Å². The van der Waals surface area contributed by atoms with Gasteiger partial charge in [0.05, 0.1) is 11.6 Å². The zero-order chi connectivity index (χ0) is 24.6. The molecule has 0 aliphatic carbocycles. The van der Waals surface area contributed by atoms with Crippen LogP contribution in [-0.4, -0.2) is 22.8 Å². The predicted molar refractivity (Wildman–Crippen MR) is 130 cm³/mol. The van der Waals surface area contributed by atoms with E-state index in [0.29, 0.717) is 16.8 Å². The third kappa shape index (κ3) is 4.22. The molecule has 1 heterocycles. The number of amides is 1. The van der Waals surface area contributed by atoms with Gasteiger partial charge in [-0.2, -0.15) is 0 Å². The molecule has 1 aliphatic heterocycles. The third-order valence-corrected chi connectivity index (χ3v) is 5.97. The number of Topliss-reactive ketones (excluding diaryl/α,β-unsaturated/α-hetero) is 1. The first-order chi connectivity index (χ1) is 16.2. The van der Waals surface area contributed by atoms with Crippen molar-refractivity contribution in [1.29, 1.82) is 0 Å². The quantitative estimate of drug-likeness (QED) is 0.193. The molecule has 6 nitrogen and oxygen atoms in total. The van der Waals surface area contributed by atoms with E-state index in [1.165, 1.54) is 11.8 Å². The van der Waals surface area contributed by atoms with Gasteiger partial charge in [-0.3, -0.25) is 19.3 Å². The summed E-state index contributed by atoms with van der Waals surface area (Å²) < 4.78 is 5.23. The number of carbonyl (C=O) groups excluding carboxylic acids is 3. The minimum atomic E-state index is -0.904. The Balaban J connectivity index is 1.95. The second-order valence-corrected chi connectivity index (χ2v) is 8.47. The number of ether oxygens (including phenoxy) is 1. The van der Waals surface area contributed by atoms with Crippen molar-refractivity contribution in [2.24, 2.45) is 0 Å². The lowest BCUT2D eigenvalue weighted by Gasteiger charge is -2.26. The summed E-state index contributed by atoms with van der Waals surface area (Å²) in [5.74, 6) is -1.97. The number of nitrogens with zero attached hydrogens (tertiary/aromatic N) is 1. The molecule has 34 heavy (non-hydrogen) atoms. The molecule has 1 unspecified atom stereocenters. The van der Waals surface area contributed by atoms with Crippen LogP contribution in [0.15, 0.2) is 72.3 Å². The van der Waals surface area contributed by atoms with E-state index in [1.807, 2.05) is 45.0 Å². The number of hydrogen-bond acceptors (Lipinski definition) is 5. The highest BCUT2D eigenvalue weighted by Gasteiger charge is 2.47. The maximum absolute atomic E-state index is 13.3. The molecule has 1 fully saturated rings. The molecule has 0 bridgehead atoms. The molecule has 0 saturated carbocycles. The molecule has 1 amide bonds. The van der Waals surface area contributed by atoms with Crippen molar-refractivity contribution in [3.8, 4) is 5.75 Å². The van der Waals surface area contributed by atoms with E-state index in [1.54, 1.807) is 42.5 Å². The zero-order valence-electron chi connectivity index (χ0n) is 19.5. The maximum Gasteiger partial charge on any atom is 0.308 e. The number of anilines is 1. The van der Waals surface area contributed by atoms with Crippen molar-refractivity contribution in [2.45, 2.75) is 33.7 Å². The first kappa shape index (κ1) is 23.0. The van der Waals surface area contributed by atoms with E-state index in [2.05, 4.69) is 0 Å². The summed E-state index contributed by atoms with van der Waals surface area (Å²) >= 11 is 0. The molecule has 3 aromatic carbocycles. The number of carbonyl (C=O) groups is 3. The highest BCUT2D eigenvalue weighted by atomic mass is 16.5. The standard InChI is InChI=1S/C28H25NO5/c1-16-8-11-20(12-9-16)26(31)24-25(21-6-5-7-23(15-21)34-19(4)30)29(28(33)27(24)32)22-13-10-17(2)18(3)14-22/h5-15,25,31H,1-4H3/b26-24+. The summed E-state index contributed by atoms with van der Waals surface area (Å²) in [7, 11) is 0. The molecule has 172 valence electrons. The van der Waals surface area contributed by atoms with E-state index in [0.717, 1.165) is 16.7 Å². The average molecular weight is 456 g/mol. The van der Waals surface area contributed by atoms with Gasteiger partial charge in [-0.1, -0.05) is 48.0 Å². The van der Waals surface area contributed by atoms with Crippen LogP contribution in [0, 0.1) is 20.8 Å². The number of rotatable bonds is 4. The Hall–Kier alpha value is -4.19. The highest BCUT2D eigenvalue weighted by molar-refractivity contribution is 6.51. The van der Waals surface area contributed by atoms with Crippen LogP contribution >= 0.6 is 0 Å². The fourth-order valence-electron chi connectivity index (χ4n) is 4.07. The van der Waals surface area contributed by atoms with Crippen molar-refractivity contribution >= 4 is 29.1 Å². The normalized spacial score (nSPS) is 17.2. The summed E-state index contributed by atoms with van der Waals surface area (Å²) in [4.78, 5) is 39.5. The lowest BCUT2D eigenvalue weighted by Crippen LogP contribution is -2.29. The predicted octanol–water partition coefficient (Wildman–Crippen LogP) is 5.16. The molecular formula is C28H25NO5. The van der Waals surface area contributed by atoms with Crippen molar-refractivity contribution < 1.29 is 24.2 Å². The summed E-state index contributed by atoms with van der Waals surface area (Å²) in [6, 6.07) is 18.3. The molecule has 1 aliphatic rings. The summed E-state index contributed by atoms with van der Waals surface area (Å²) in [6.45, 7) is 7.11. The number of aliphatic hydroxyl groups is 1. The number of hydrogen-bond donors (Lipinski definition) is 1. The zero-order valence-corrected chi connectivity index (χ0v) is 19.5. The van der Waals surface area contributed by atoms with Gasteiger partial charge in [0.25, 0.3) is 11.7 Å². The molecule has 0 aromatic heterocycles. The van der Waals surface area contributed by atoms with Gasteiger partial charge in [0, 0.05) is 18.2 Å². The van der Waals surface area contributed by atoms with E-state index >= 15 is 0 Å². The average Bonchev–Trinajstić information content (AvgIpc) is 3.06. The molecule has 4 rings (SSSR count). The summed E-state index contributed by atoms with van der Waals surface area (Å²) in [5, 5.41) is 11.2. The molecule has 0 radical (unpaired) electrons. The van der Waals surface area contributed by atoms with Gasteiger partial charge in [-0.25, -0.2) is 0 Å². The van der Waals surface area contributed by atoms with Gasteiger partial charge in [0.15, 0.2) is 0 Å². The molecular weight excluding hydrogens is 430 g/mol. The fourth-order valence-corrected chi connectivity index (χ4v) is 4.07. The first-order valence-electron chi connectivity index (χ1n) is 10.9. The number of esters is 1. The Morgan fingerprint density at radius 3 is 2.26 bits per heavy atom. The molecule has 3 aromatic rings. The van der Waals surface area contributed by atoms with E-state index in [4.69, 9.17) is 4.74 Å². The largest absolute Gasteiger partial charge is 0.507 e. The lowest BCUT2D eigenvalue weighted by atomic mass is 9.94. The van der Waals surface area contributed by atoms with Crippen LogP contribution in [0.2, 0.25) is 0 Å². The van der Waals surface area contributed by atoms with Crippen LogP contribution in [0.1, 0.15) is 40.8 Å². The third-order valence-electron chi connectivity index (χ3n) is 5.97. The smallest absolute Gasteiger partial charge is 0.308 e. The van der Waals surface area contributed by atoms with Crippen LogP contribution < -0.4 is 9.64 Å². The molecule has 6 heteroatoms. The Morgan fingerprint density at radius 1 is 0.912 bits per heavy atom. The molecule has 0 spiro atoms. The van der Waals surface area contributed by atoms with E-state index in [9.17, 15) is 19.5 Å². The molecule has 1 atom stereocenters. The van der Waals surface area contributed by atoms with E-state index < -0.39 is 23.7 Å². The van der Waals surface area contributed by atoms with Crippen molar-refractivity contribution in [3.05, 3.63) is 100 Å². The second-order valence-electron chi connectivity index (χ2n) is 8.47. The van der Waals surface area contributed by atoms with Crippen molar-refractivity contribution in [3.63, 3.8) is 0 Å². The summed E-state index contributed by atoms with van der Waals surface area (Å²) in [5.41, 5.74) is 4.49. The Kier molecular flexibility index (Phi) is 6.07. The minimum Gasteiger partial charge on any atom is -0.507 e. The highest BCUT2D eigenvalue weighted by Crippen LogP contribution is 2.43. The van der Waals surface area contributed by atoms with Gasteiger partial charge >= 0.3 is 5.97 Å². The second kappa shape index (κ2) is 8.98. The fraction of sp³-hybridized carbons (Fsp3) is 0.179. The number of aliphatic hydroxyl groups excluding tert-OH is 1. The van der Waals surface area contributed by atoms with Gasteiger partial charge in [0.2, 0.25) is 0 Å². The monoisotopic (exact) mass is 455 g/mol. The number of ketones is 1. The van der Waals surface area contributed by atoms with Crippen LogP contribution in [0.4, 0.5) is 5.69 Å². The maximum atomic E-state index is 13.3. The van der Waals surface area contributed by atoms with Crippen molar-refractivity contribution in [2.75, 3.05) is 4.90 Å². The van der Waals surface area contributed by atoms with Crippen molar-refractivity contribution in [1.82, 2.24) is 0 Å². The number of benzene rings is 3. The van der Waals surface area contributed by atoms with Crippen LogP contribution in [0.25, 0.3) is 5.76 Å². The molecule has 1 saturated heterocycles.